The summed E-state index contributed by atoms with van der Waals surface area (Å²) in [6.45, 7) is 4.21. The number of para-hydroxylation sites is 1. The predicted octanol–water partition coefficient (Wildman–Crippen LogP) is 3.99. The van der Waals surface area contributed by atoms with E-state index in [0.29, 0.717) is 0 Å². The molecule has 0 radical (unpaired) electrons. The zero-order chi connectivity index (χ0) is 13.9. The lowest BCUT2D eigenvalue weighted by Crippen LogP contribution is -2.24. The minimum absolute atomic E-state index is 0.891. The number of anilines is 2. The van der Waals surface area contributed by atoms with Crippen molar-refractivity contribution >= 4 is 11.4 Å². The van der Waals surface area contributed by atoms with Gasteiger partial charge in [0.05, 0.1) is 0 Å². The monoisotopic (exact) mass is 266 g/mol. The van der Waals surface area contributed by atoms with Gasteiger partial charge in [0.1, 0.15) is 0 Å². The number of aryl methyl sites for hydroxylation is 2. The molecule has 20 heavy (non-hydrogen) atoms. The lowest BCUT2D eigenvalue weighted by atomic mass is 9.99. The molecule has 0 amide bonds. The van der Waals surface area contributed by atoms with Gasteiger partial charge in [-0.1, -0.05) is 30.3 Å². The van der Waals surface area contributed by atoms with Crippen LogP contribution in [0.25, 0.3) is 0 Å². The topological polar surface area (TPSA) is 15.3 Å². The van der Waals surface area contributed by atoms with E-state index in [0.717, 1.165) is 6.54 Å². The molecule has 2 nitrogen and oxygen atoms in total. The van der Waals surface area contributed by atoms with Gasteiger partial charge >= 0.3 is 0 Å². The summed E-state index contributed by atoms with van der Waals surface area (Å²) >= 11 is 0. The van der Waals surface area contributed by atoms with E-state index in [2.05, 4.69) is 66.7 Å². The largest absolute Gasteiger partial charge is 0.381 e. The Hall–Kier alpha value is -1.96. The first-order valence-corrected chi connectivity index (χ1v) is 7.36. The number of fused-ring (bicyclic) bond motifs is 1. The Morgan fingerprint density at radius 3 is 2.85 bits per heavy atom. The van der Waals surface area contributed by atoms with Crippen molar-refractivity contribution in [3.8, 4) is 0 Å². The fraction of sp³-hybridized carbons (Fsp3) is 0.333. The van der Waals surface area contributed by atoms with Gasteiger partial charge < -0.3 is 10.2 Å². The molecule has 0 saturated carbocycles. The molecule has 0 spiro atoms. The van der Waals surface area contributed by atoms with Gasteiger partial charge in [-0.2, -0.15) is 0 Å². The Labute approximate surface area is 121 Å². The van der Waals surface area contributed by atoms with Crippen LogP contribution in [-0.2, 0) is 13.0 Å². The van der Waals surface area contributed by atoms with Gasteiger partial charge in [0.2, 0.25) is 0 Å². The van der Waals surface area contributed by atoms with Crippen LogP contribution in [0.4, 0.5) is 11.4 Å². The Morgan fingerprint density at radius 2 is 2.00 bits per heavy atom. The first-order chi connectivity index (χ1) is 9.74. The van der Waals surface area contributed by atoms with Crippen molar-refractivity contribution in [2.45, 2.75) is 26.3 Å². The molecule has 2 aromatic rings. The maximum Gasteiger partial charge on any atom is 0.0401 e. The molecule has 0 aliphatic carbocycles. The van der Waals surface area contributed by atoms with Crippen LogP contribution in [0, 0.1) is 6.92 Å². The summed E-state index contributed by atoms with van der Waals surface area (Å²) in [5.74, 6) is 0. The fourth-order valence-electron chi connectivity index (χ4n) is 2.92. The van der Waals surface area contributed by atoms with Crippen molar-refractivity contribution in [2.75, 3.05) is 23.8 Å². The lowest BCUT2D eigenvalue weighted by Gasteiger charge is -2.28. The van der Waals surface area contributed by atoms with Crippen LogP contribution in [0.5, 0.6) is 0 Å². The molecule has 104 valence electrons. The average Bonchev–Trinajstić information content (AvgIpc) is 2.46. The third-order valence-electron chi connectivity index (χ3n) is 4.12. The van der Waals surface area contributed by atoms with Crippen LogP contribution >= 0.6 is 0 Å². The average molecular weight is 266 g/mol. The zero-order valence-corrected chi connectivity index (χ0v) is 12.3. The summed E-state index contributed by atoms with van der Waals surface area (Å²) in [6, 6.07) is 15.3. The Kier molecular flexibility index (Phi) is 3.64. The maximum atomic E-state index is 3.53. The zero-order valence-electron chi connectivity index (χ0n) is 12.3. The number of hydrogen-bond acceptors (Lipinski definition) is 2. The first-order valence-electron chi connectivity index (χ1n) is 7.36. The highest BCUT2D eigenvalue weighted by molar-refractivity contribution is 5.57. The predicted molar refractivity (Wildman–Crippen MR) is 86.5 cm³/mol. The molecule has 0 bridgehead atoms. The van der Waals surface area contributed by atoms with Gasteiger partial charge in [-0.25, -0.2) is 0 Å². The minimum atomic E-state index is 0.891. The van der Waals surface area contributed by atoms with E-state index in [1.54, 1.807) is 0 Å². The number of benzene rings is 2. The SMILES string of the molecule is Cc1ccccc1NCc1ccc2c(c1)CCCN2C. The molecule has 0 atom stereocenters. The highest BCUT2D eigenvalue weighted by Gasteiger charge is 2.13. The second kappa shape index (κ2) is 5.58. The molecule has 1 aliphatic rings. The summed E-state index contributed by atoms with van der Waals surface area (Å²) in [7, 11) is 2.18. The Balaban J connectivity index is 1.74. The molecule has 0 fully saturated rings. The minimum Gasteiger partial charge on any atom is -0.381 e. The molecule has 0 aromatic heterocycles. The molecule has 0 saturated heterocycles. The van der Waals surface area contributed by atoms with E-state index in [-0.39, 0.29) is 0 Å². The molecule has 2 heteroatoms. The van der Waals surface area contributed by atoms with E-state index in [9.17, 15) is 0 Å². The van der Waals surface area contributed by atoms with Crippen LogP contribution in [0.2, 0.25) is 0 Å². The van der Waals surface area contributed by atoms with Crippen LogP contribution in [0.15, 0.2) is 42.5 Å². The van der Waals surface area contributed by atoms with Gasteiger partial charge in [-0.15, -0.1) is 0 Å². The molecule has 1 N–H and O–H groups in total. The summed E-state index contributed by atoms with van der Waals surface area (Å²) < 4.78 is 0. The van der Waals surface area contributed by atoms with Crippen molar-refractivity contribution < 1.29 is 0 Å². The quantitative estimate of drug-likeness (QED) is 0.903. The van der Waals surface area contributed by atoms with Crippen molar-refractivity contribution in [1.29, 1.82) is 0 Å². The molecule has 0 unspecified atom stereocenters. The van der Waals surface area contributed by atoms with Crippen LogP contribution < -0.4 is 10.2 Å². The summed E-state index contributed by atoms with van der Waals surface area (Å²) in [5.41, 5.74) is 6.77. The molecule has 2 aromatic carbocycles. The summed E-state index contributed by atoms with van der Waals surface area (Å²) in [5, 5.41) is 3.53. The number of rotatable bonds is 3. The molecule has 1 heterocycles. The van der Waals surface area contributed by atoms with Crippen LogP contribution in [0.1, 0.15) is 23.1 Å². The third-order valence-corrected chi connectivity index (χ3v) is 4.12. The smallest absolute Gasteiger partial charge is 0.0401 e. The van der Waals surface area contributed by atoms with E-state index in [1.807, 2.05) is 0 Å². The van der Waals surface area contributed by atoms with Crippen LogP contribution in [0.3, 0.4) is 0 Å². The van der Waals surface area contributed by atoms with Gasteiger partial charge in [0.15, 0.2) is 0 Å². The first kappa shape index (κ1) is 13.0. The van der Waals surface area contributed by atoms with Gasteiger partial charge in [0, 0.05) is 31.5 Å². The van der Waals surface area contributed by atoms with E-state index in [4.69, 9.17) is 0 Å². The molecule has 1 aliphatic heterocycles. The van der Waals surface area contributed by atoms with Gasteiger partial charge in [-0.05, 0) is 48.6 Å². The fourth-order valence-corrected chi connectivity index (χ4v) is 2.92. The van der Waals surface area contributed by atoms with Crippen molar-refractivity contribution in [3.05, 3.63) is 59.2 Å². The second-order valence-electron chi connectivity index (χ2n) is 5.66. The van der Waals surface area contributed by atoms with E-state index in [1.165, 1.54) is 47.5 Å². The van der Waals surface area contributed by atoms with Gasteiger partial charge in [0.25, 0.3) is 0 Å². The van der Waals surface area contributed by atoms with Crippen molar-refractivity contribution in [3.63, 3.8) is 0 Å². The molecular formula is C18H22N2. The third kappa shape index (κ3) is 2.64. The Bertz CT molecular complexity index is 604. The molecular weight excluding hydrogens is 244 g/mol. The lowest BCUT2D eigenvalue weighted by molar-refractivity contribution is 0.743. The molecule has 3 rings (SSSR count). The highest BCUT2D eigenvalue weighted by Crippen LogP contribution is 2.27. The number of hydrogen-bond donors (Lipinski definition) is 1. The van der Waals surface area contributed by atoms with Crippen LogP contribution in [-0.4, -0.2) is 13.6 Å². The standard InChI is InChI=1S/C18H22N2/c1-14-6-3-4-8-17(14)19-13-15-9-10-18-16(12-15)7-5-11-20(18)2/h3-4,6,8-10,12,19H,5,7,11,13H2,1-2H3. The maximum absolute atomic E-state index is 3.53. The second-order valence-corrected chi connectivity index (χ2v) is 5.66. The van der Waals surface area contributed by atoms with E-state index < -0.39 is 0 Å². The highest BCUT2D eigenvalue weighted by atomic mass is 15.1. The number of nitrogens with zero attached hydrogens (tertiary/aromatic N) is 1. The Morgan fingerprint density at radius 1 is 1.15 bits per heavy atom. The van der Waals surface area contributed by atoms with Gasteiger partial charge in [-0.3, -0.25) is 0 Å². The number of nitrogens with one attached hydrogen (secondary N) is 1. The van der Waals surface area contributed by atoms with Crippen molar-refractivity contribution in [2.24, 2.45) is 0 Å². The normalized spacial score (nSPS) is 14.0. The van der Waals surface area contributed by atoms with E-state index >= 15 is 0 Å². The van der Waals surface area contributed by atoms with Crippen molar-refractivity contribution in [1.82, 2.24) is 0 Å². The summed E-state index contributed by atoms with van der Waals surface area (Å²) in [6.07, 6.45) is 2.47. The summed E-state index contributed by atoms with van der Waals surface area (Å²) in [4.78, 5) is 2.36.